The second kappa shape index (κ2) is 4.13. The molecular formula is C12H19N3O2. The van der Waals surface area contributed by atoms with Gasteiger partial charge in [-0.2, -0.15) is 0 Å². The lowest BCUT2D eigenvalue weighted by Gasteiger charge is -2.38. The molecule has 0 spiro atoms. The molecule has 0 aromatic carbocycles. The number of carbonyl (C=O) groups is 2. The van der Waals surface area contributed by atoms with Gasteiger partial charge in [0.15, 0.2) is 0 Å². The molecule has 17 heavy (non-hydrogen) atoms. The summed E-state index contributed by atoms with van der Waals surface area (Å²) < 4.78 is 0. The van der Waals surface area contributed by atoms with Crippen LogP contribution in [0.15, 0.2) is 4.99 Å². The van der Waals surface area contributed by atoms with Crippen molar-refractivity contribution in [3.8, 4) is 0 Å². The Labute approximate surface area is 101 Å². The minimum Gasteiger partial charge on any atom is -0.337 e. The molecule has 94 valence electrons. The van der Waals surface area contributed by atoms with Crippen LogP contribution in [0, 0.1) is 5.92 Å². The third kappa shape index (κ3) is 1.94. The second-order valence-corrected chi connectivity index (χ2v) is 5.11. The Kier molecular flexibility index (Phi) is 2.93. The standard InChI is InChI=1S/C12H19N3O2/c1-7-5-8(2)13-10-6-14(4)12(17)9(3)15(10)11(7)16/h7-9H,5-6H2,1-4H3. The van der Waals surface area contributed by atoms with Gasteiger partial charge in [0.1, 0.15) is 11.9 Å². The molecule has 2 rings (SSSR count). The first kappa shape index (κ1) is 12.1. The lowest BCUT2D eigenvalue weighted by molar-refractivity contribution is -0.144. The third-order valence-electron chi connectivity index (χ3n) is 3.50. The number of hydrogen-bond acceptors (Lipinski definition) is 3. The van der Waals surface area contributed by atoms with Crippen molar-refractivity contribution in [1.82, 2.24) is 9.80 Å². The first-order valence-electron chi connectivity index (χ1n) is 6.06. The molecule has 5 heteroatoms. The molecule has 0 radical (unpaired) electrons. The van der Waals surface area contributed by atoms with E-state index in [-0.39, 0.29) is 23.8 Å². The van der Waals surface area contributed by atoms with E-state index in [4.69, 9.17) is 0 Å². The molecule has 0 aromatic heterocycles. The maximum Gasteiger partial charge on any atom is 0.245 e. The molecule has 2 heterocycles. The van der Waals surface area contributed by atoms with Crippen LogP contribution < -0.4 is 0 Å². The molecule has 0 N–H and O–H groups in total. The summed E-state index contributed by atoms with van der Waals surface area (Å²) in [6.45, 7) is 6.13. The van der Waals surface area contributed by atoms with E-state index < -0.39 is 6.04 Å². The summed E-state index contributed by atoms with van der Waals surface area (Å²) in [6, 6.07) is -0.282. The van der Waals surface area contributed by atoms with Gasteiger partial charge >= 0.3 is 0 Å². The highest BCUT2D eigenvalue weighted by atomic mass is 16.2. The molecule has 5 nitrogen and oxygen atoms in total. The summed E-state index contributed by atoms with van der Waals surface area (Å²) in [5.74, 6) is 0.687. The van der Waals surface area contributed by atoms with E-state index >= 15 is 0 Å². The minimum atomic E-state index is -0.423. The molecular weight excluding hydrogens is 218 g/mol. The fraction of sp³-hybridized carbons (Fsp3) is 0.750. The van der Waals surface area contributed by atoms with Gasteiger partial charge in [-0.3, -0.25) is 19.5 Å². The van der Waals surface area contributed by atoms with Crippen LogP contribution >= 0.6 is 0 Å². The van der Waals surface area contributed by atoms with E-state index in [2.05, 4.69) is 4.99 Å². The Morgan fingerprint density at radius 2 is 1.82 bits per heavy atom. The zero-order chi connectivity index (χ0) is 12.7. The number of nitrogens with zero attached hydrogens (tertiary/aromatic N) is 3. The molecule has 0 saturated carbocycles. The second-order valence-electron chi connectivity index (χ2n) is 5.11. The van der Waals surface area contributed by atoms with E-state index in [1.54, 1.807) is 23.8 Å². The molecule has 0 aromatic rings. The molecule has 1 fully saturated rings. The maximum atomic E-state index is 12.3. The van der Waals surface area contributed by atoms with Crippen LogP contribution in [0.2, 0.25) is 0 Å². The number of fused-ring (bicyclic) bond motifs is 1. The molecule has 3 unspecified atom stereocenters. The molecule has 1 saturated heterocycles. The summed E-state index contributed by atoms with van der Waals surface area (Å²) >= 11 is 0. The van der Waals surface area contributed by atoms with Gasteiger partial charge in [0.05, 0.1) is 6.54 Å². The van der Waals surface area contributed by atoms with Gasteiger partial charge in [0.25, 0.3) is 0 Å². The molecule has 0 bridgehead atoms. The molecule has 2 aliphatic heterocycles. The van der Waals surface area contributed by atoms with E-state index in [0.29, 0.717) is 6.54 Å². The predicted octanol–water partition coefficient (Wildman–Crippen LogP) is 0.502. The molecule has 2 aliphatic rings. The van der Waals surface area contributed by atoms with Gasteiger partial charge in [-0.15, -0.1) is 0 Å². The lowest BCUT2D eigenvalue weighted by atomic mass is 10.0. The van der Waals surface area contributed by atoms with Crippen molar-refractivity contribution in [2.24, 2.45) is 10.9 Å². The Morgan fingerprint density at radius 3 is 2.47 bits per heavy atom. The van der Waals surface area contributed by atoms with E-state index in [1.165, 1.54) is 0 Å². The summed E-state index contributed by atoms with van der Waals surface area (Å²) in [6.07, 6.45) is 0.753. The van der Waals surface area contributed by atoms with Crippen molar-refractivity contribution in [2.45, 2.75) is 39.3 Å². The van der Waals surface area contributed by atoms with Crippen LogP contribution in [0.1, 0.15) is 27.2 Å². The minimum absolute atomic E-state index is 0.0148. The third-order valence-corrected chi connectivity index (χ3v) is 3.50. The summed E-state index contributed by atoms with van der Waals surface area (Å²) in [5.41, 5.74) is 0. The quantitative estimate of drug-likeness (QED) is 0.616. The number of hydrogen-bond donors (Lipinski definition) is 0. The monoisotopic (exact) mass is 237 g/mol. The van der Waals surface area contributed by atoms with Crippen molar-refractivity contribution in [1.29, 1.82) is 0 Å². The molecule has 0 aliphatic carbocycles. The van der Waals surface area contributed by atoms with Gasteiger partial charge < -0.3 is 4.90 Å². The fourth-order valence-corrected chi connectivity index (χ4v) is 2.60. The summed E-state index contributed by atoms with van der Waals surface area (Å²) in [4.78, 5) is 32.0. The van der Waals surface area contributed by atoms with E-state index in [9.17, 15) is 9.59 Å². The van der Waals surface area contributed by atoms with Crippen molar-refractivity contribution in [3.05, 3.63) is 0 Å². The Hall–Kier alpha value is -1.39. The number of amides is 2. The van der Waals surface area contributed by atoms with E-state index in [1.807, 2.05) is 13.8 Å². The Balaban J connectivity index is 2.40. The van der Waals surface area contributed by atoms with Crippen LogP contribution in [-0.2, 0) is 9.59 Å². The van der Waals surface area contributed by atoms with Crippen molar-refractivity contribution in [3.63, 3.8) is 0 Å². The van der Waals surface area contributed by atoms with E-state index in [0.717, 1.165) is 12.3 Å². The number of aliphatic imine (C=N–C) groups is 1. The van der Waals surface area contributed by atoms with Crippen LogP contribution in [0.5, 0.6) is 0 Å². The topological polar surface area (TPSA) is 53.0 Å². The van der Waals surface area contributed by atoms with Gasteiger partial charge in [-0.25, -0.2) is 0 Å². The highest BCUT2D eigenvalue weighted by molar-refractivity contribution is 6.08. The number of piperazine rings is 1. The Bertz CT molecular complexity index is 391. The number of carbonyl (C=O) groups excluding carboxylic acids is 2. The average molecular weight is 237 g/mol. The maximum absolute atomic E-state index is 12.3. The highest BCUT2D eigenvalue weighted by Gasteiger charge is 2.40. The Morgan fingerprint density at radius 1 is 1.18 bits per heavy atom. The van der Waals surface area contributed by atoms with Gasteiger partial charge in [-0.05, 0) is 20.3 Å². The summed E-state index contributed by atoms with van der Waals surface area (Å²) in [5, 5.41) is 0. The predicted molar refractivity (Wildman–Crippen MR) is 64.6 cm³/mol. The smallest absolute Gasteiger partial charge is 0.245 e. The number of rotatable bonds is 0. The van der Waals surface area contributed by atoms with Gasteiger partial charge in [0.2, 0.25) is 11.8 Å². The van der Waals surface area contributed by atoms with Crippen molar-refractivity contribution < 1.29 is 9.59 Å². The van der Waals surface area contributed by atoms with Gasteiger partial charge in [-0.1, -0.05) is 6.92 Å². The molecule has 2 amide bonds. The van der Waals surface area contributed by atoms with Crippen LogP contribution in [0.4, 0.5) is 0 Å². The van der Waals surface area contributed by atoms with Gasteiger partial charge in [0, 0.05) is 19.0 Å². The first-order chi connectivity index (χ1) is 7.91. The summed E-state index contributed by atoms with van der Waals surface area (Å²) in [7, 11) is 1.75. The van der Waals surface area contributed by atoms with Crippen LogP contribution in [0.25, 0.3) is 0 Å². The zero-order valence-corrected chi connectivity index (χ0v) is 10.8. The number of amidine groups is 1. The lowest BCUT2D eigenvalue weighted by Crippen LogP contribution is -2.60. The normalized spacial score (nSPS) is 34.4. The van der Waals surface area contributed by atoms with Crippen LogP contribution in [0.3, 0.4) is 0 Å². The fourth-order valence-electron chi connectivity index (χ4n) is 2.60. The number of likely N-dealkylation sites (N-methyl/N-ethyl adjacent to an activating group) is 1. The van der Waals surface area contributed by atoms with Crippen molar-refractivity contribution >= 4 is 17.6 Å². The largest absolute Gasteiger partial charge is 0.337 e. The first-order valence-corrected chi connectivity index (χ1v) is 6.06. The highest BCUT2D eigenvalue weighted by Crippen LogP contribution is 2.23. The molecule has 3 atom stereocenters. The zero-order valence-electron chi connectivity index (χ0n) is 10.8. The van der Waals surface area contributed by atoms with Crippen molar-refractivity contribution in [2.75, 3.05) is 13.6 Å². The average Bonchev–Trinajstić information content (AvgIpc) is 2.34. The SMILES string of the molecule is CC1CC(C)C(=O)N2C(=N1)CN(C)C(=O)C2C. The van der Waals surface area contributed by atoms with Crippen LogP contribution in [-0.4, -0.2) is 53.1 Å².